The highest BCUT2D eigenvalue weighted by atomic mass is 32.2. The molecule has 2 heterocycles. The second-order valence-electron chi connectivity index (χ2n) is 6.02. The first-order valence-corrected chi connectivity index (χ1v) is 8.63. The monoisotopic (exact) mass is 301 g/mol. The summed E-state index contributed by atoms with van der Waals surface area (Å²) < 4.78 is 5.58. The lowest BCUT2D eigenvalue weighted by Crippen LogP contribution is -2.34. The molecule has 0 saturated heterocycles. The molecular weight excluding hydrogens is 282 g/mol. The number of aryl methyl sites for hydroxylation is 1. The molecule has 1 saturated carbocycles. The van der Waals surface area contributed by atoms with Crippen LogP contribution >= 0.6 is 11.8 Å². The fourth-order valence-electron chi connectivity index (χ4n) is 3.37. The molecule has 0 spiro atoms. The van der Waals surface area contributed by atoms with Crippen molar-refractivity contribution < 1.29 is 4.52 Å². The highest BCUT2D eigenvalue weighted by molar-refractivity contribution is 7.99. The van der Waals surface area contributed by atoms with Crippen molar-refractivity contribution in [1.29, 1.82) is 0 Å². The van der Waals surface area contributed by atoms with E-state index in [4.69, 9.17) is 10.3 Å². The van der Waals surface area contributed by atoms with Crippen LogP contribution in [0.15, 0.2) is 28.8 Å². The lowest BCUT2D eigenvalue weighted by molar-refractivity contribution is 0.351. The molecule has 1 unspecified atom stereocenters. The minimum Gasteiger partial charge on any atom is -0.338 e. The van der Waals surface area contributed by atoms with Crippen LogP contribution < -0.4 is 5.73 Å². The molecule has 5 heteroatoms. The summed E-state index contributed by atoms with van der Waals surface area (Å²) in [5.74, 6) is 2.49. The molecule has 110 valence electrons. The summed E-state index contributed by atoms with van der Waals surface area (Å²) in [5.41, 5.74) is 8.75. The van der Waals surface area contributed by atoms with Gasteiger partial charge in [-0.05, 0) is 36.1 Å². The van der Waals surface area contributed by atoms with E-state index in [-0.39, 0.29) is 10.8 Å². The van der Waals surface area contributed by atoms with Gasteiger partial charge in [-0.1, -0.05) is 42.3 Å². The number of benzene rings is 1. The summed E-state index contributed by atoms with van der Waals surface area (Å²) >= 11 is 1.88. The molecule has 1 aromatic heterocycles. The van der Waals surface area contributed by atoms with Gasteiger partial charge in [0.1, 0.15) is 5.25 Å². The van der Waals surface area contributed by atoms with E-state index in [1.807, 2.05) is 11.8 Å². The van der Waals surface area contributed by atoms with Crippen LogP contribution in [0.3, 0.4) is 0 Å². The summed E-state index contributed by atoms with van der Waals surface area (Å²) in [4.78, 5) is 4.66. The molecule has 0 bridgehead atoms. The molecule has 1 aromatic carbocycles. The van der Waals surface area contributed by atoms with E-state index >= 15 is 0 Å². The Morgan fingerprint density at radius 3 is 2.90 bits per heavy atom. The first-order chi connectivity index (χ1) is 10.3. The van der Waals surface area contributed by atoms with Crippen LogP contribution in [0.5, 0.6) is 0 Å². The summed E-state index contributed by atoms with van der Waals surface area (Å²) in [6.07, 6.45) is 5.34. The Morgan fingerprint density at radius 1 is 1.24 bits per heavy atom. The quantitative estimate of drug-likeness (QED) is 0.923. The van der Waals surface area contributed by atoms with Gasteiger partial charge in [-0.2, -0.15) is 4.98 Å². The zero-order valence-electron chi connectivity index (χ0n) is 11.9. The van der Waals surface area contributed by atoms with Crippen LogP contribution in [0.25, 0.3) is 0 Å². The number of nitrogens with two attached hydrogens (primary N) is 1. The van der Waals surface area contributed by atoms with Crippen LogP contribution in [0.4, 0.5) is 0 Å². The van der Waals surface area contributed by atoms with Crippen LogP contribution in [0.2, 0.25) is 0 Å². The average molecular weight is 301 g/mol. The van der Waals surface area contributed by atoms with Crippen LogP contribution in [0, 0.1) is 0 Å². The zero-order chi connectivity index (χ0) is 14.3. The predicted molar refractivity (Wildman–Crippen MR) is 83.1 cm³/mol. The van der Waals surface area contributed by atoms with Crippen LogP contribution in [-0.4, -0.2) is 15.9 Å². The van der Waals surface area contributed by atoms with Gasteiger partial charge in [0, 0.05) is 0 Å². The predicted octanol–water partition coefficient (Wildman–Crippen LogP) is 3.18. The lowest BCUT2D eigenvalue weighted by atomic mass is 9.98. The Hall–Kier alpha value is -1.33. The van der Waals surface area contributed by atoms with Gasteiger partial charge in [0.25, 0.3) is 0 Å². The molecular formula is C16H19N3OS. The van der Waals surface area contributed by atoms with Crippen molar-refractivity contribution in [2.24, 2.45) is 5.73 Å². The van der Waals surface area contributed by atoms with Crippen LogP contribution in [0.1, 0.15) is 53.8 Å². The number of fused-ring (bicyclic) bond motifs is 1. The van der Waals surface area contributed by atoms with E-state index in [1.165, 1.54) is 11.1 Å². The summed E-state index contributed by atoms with van der Waals surface area (Å²) in [7, 11) is 0. The van der Waals surface area contributed by atoms with Crippen LogP contribution in [-0.2, 0) is 12.0 Å². The molecule has 1 fully saturated rings. The number of aromatic nitrogens is 2. The maximum Gasteiger partial charge on any atom is 0.244 e. The van der Waals surface area contributed by atoms with Crippen molar-refractivity contribution in [2.45, 2.75) is 42.9 Å². The molecule has 4 nitrogen and oxygen atoms in total. The van der Waals surface area contributed by atoms with E-state index in [1.54, 1.807) is 0 Å². The van der Waals surface area contributed by atoms with Crippen molar-refractivity contribution in [1.82, 2.24) is 10.1 Å². The number of thioether (sulfide) groups is 1. The Kier molecular flexibility index (Phi) is 3.27. The maximum absolute atomic E-state index is 6.43. The molecule has 1 aliphatic heterocycles. The normalized spacial score (nSPS) is 24.0. The SMILES string of the molecule is NC1(c2noc(C3SCCc4ccccc43)n2)CCCC1. The fraction of sp³-hybridized carbons (Fsp3) is 0.500. The standard InChI is InChI=1S/C16H19N3OS/c17-16(8-3-4-9-16)15-18-14(20-19-15)13-12-6-2-1-5-11(12)7-10-21-13/h1-2,5-6,13H,3-4,7-10,17H2. The molecule has 1 aliphatic carbocycles. The minimum atomic E-state index is -0.374. The number of nitrogens with zero attached hydrogens (tertiary/aromatic N) is 2. The largest absolute Gasteiger partial charge is 0.338 e. The molecule has 2 N–H and O–H groups in total. The minimum absolute atomic E-state index is 0.154. The van der Waals surface area contributed by atoms with Gasteiger partial charge in [-0.25, -0.2) is 0 Å². The van der Waals surface area contributed by atoms with Gasteiger partial charge in [-0.15, -0.1) is 11.8 Å². The van der Waals surface area contributed by atoms with Gasteiger partial charge in [0.05, 0.1) is 5.54 Å². The second kappa shape index (κ2) is 5.14. The van der Waals surface area contributed by atoms with Crippen molar-refractivity contribution in [3.8, 4) is 0 Å². The average Bonchev–Trinajstić information content (AvgIpc) is 3.16. The third kappa shape index (κ3) is 2.28. The van der Waals surface area contributed by atoms with Crippen molar-refractivity contribution in [3.63, 3.8) is 0 Å². The first-order valence-electron chi connectivity index (χ1n) is 7.59. The summed E-state index contributed by atoms with van der Waals surface area (Å²) in [5, 5.41) is 4.35. The molecule has 4 rings (SSSR count). The number of rotatable bonds is 2. The molecule has 2 aliphatic rings. The maximum atomic E-state index is 6.43. The second-order valence-corrected chi connectivity index (χ2v) is 7.23. The Bertz CT molecular complexity index is 648. The molecule has 0 radical (unpaired) electrons. The first kappa shape index (κ1) is 13.3. The Morgan fingerprint density at radius 2 is 2.05 bits per heavy atom. The summed E-state index contributed by atoms with van der Waals surface area (Å²) in [6.45, 7) is 0. The molecule has 1 atom stereocenters. The third-order valence-corrected chi connectivity index (χ3v) is 5.83. The highest BCUT2D eigenvalue weighted by Crippen LogP contribution is 2.42. The highest BCUT2D eigenvalue weighted by Gasteiger charge is 2.37. The summed E-state index contributed by atoms with van der Waals surface area (Å²) in [6, 6.07) is 8.54. The van der Waals surface area contributed by atoms with Crippen molar-refractivity contribution >= 4 is 11.8 Å². The lowest BCUT2D eigenvalue weighted by Gasteiger charge is -2.22. The Balaban J connectivity index is 1.68. The zero-order valence-corrected chi connectivity index (χ0v) is 12.7. The molecule has 21 heavy (non-hydrogen) atoms. The van der Waals surface area contributed by atoms with E-state index < -0.39 is 0 Å². The van der Waals surface area contributed by atoms with Crippen molar-refractivity contribution in [3.05, 3.63) is 47.1 Å². The third-order valence-electron chi connectivity index (χ3n) is 4.60. The van der Waals surface area contributed by atoms with Gasteiger partial charge in [0.15, 0.2) is 5.82 Å². The van der Waals surface area contributed by atoms with E-state index in [2.05, 4.69) is 34.4 Å². The van der Waals surface area contributed by atoms with E-state index in [0.29, 0.717) is 11.7 Å². The van der Waals surface area contributed by atoms with E-state index in [0.717, 1.165) is 37.9 Å². The topological polar surface area (TPSA) is 64.9 Å². The van der Waals surface area contributed by atoms with Crippen molar-refractivity contribution in [2.75, 3.05) is 5.75 Å². The number of hydrogen-bond acceptors (Lipinski definition) is 5. The molecule has 0 amide bonds. The van der Waals surface area contributed by atoms with E-state index in [9.17, 15) is 0 Å². The van der Waals surface area contributed by atoms with Gasteiger partial charge < -0.3 is 10.3 Å². The van der Waals surface area contributed by atoms with Gasteiger partial charge >= 0.3 is 0 Å². The number of hydrogen-bond donors (Lipinski definition) is 1. The van der Waals surface area contributed by atoms with Gasteiger partial charge in [-0.3, -0.25) is 0 Å². The smallest absolute Gasteiger partial charge is 0.244 e. The molecule has 2 aromatic rings. The Labute approximate surface area is 128 Å². The fourth-order valence-corrected chi connectivity index (χ4v) is 4.59. The van der Waals surface area contributed by atoms with Gasteiger partial charge in [0.2, 0.25) is 5.89 Å².